The SMILES string of the molecule is COc1ccc(CN2CCN(C(=O)CCc3ccc(C(C)=O)cc3)CC2)cc1. The van der Waals surface area contributed by atoms with Crippen molar-refractivity contribution in [3.63, 3.8) is 0 Å². The van der Waals surface area contributed by atoms with Crippen LogP contribution in [0.5, 0.6) is 5.75 Å². The number of Topliss-reactive ketones (excluding diaryl/α,β-unsaturated/α-hetero) is 1. The molecule has 28 heavy (non-hydrogen) atoms. The molecule has 2 aromatic carbocycles. The molecular formula is C23H28N2O3. The van der Waals surface area contributed by atoms with Crippen LogP contribution in [0.15, 0.2) is 48.5 Å². The Bertz CT molecular complexity index is 792. The monoisotopic (exact) mass is 380 g/mol. The standard InChI is InChI=1S/C23H28N2O3/c1-18(26)21-8-3-19(4-9-21)7-12-23(27)25-15-13-24(14-16-25)17-20-5-10-22(28-2)11-6-20/h3-6,8-11H,7,12-17H2,1-2H3. The van der Waals surface area contributed by atoms with Crippen molar-refractivity contribution in [2.45, 2.75) is 26.3 Å². The number of methoxy groups -OCH3 is 1. The molecule has 0 aromatic heterocycles. The molecule has 1 heterocycles. The van der Waals surface area contributed by atoms with Crippen molar-refractivity contribution in [1.82, 2.24) is 9.80 Å². The Kier molecular flexibility index (Phi) is 6.82. The summed E-state index contributed by atoms with van der Waals surface area (Å²) in [7, 11) is 1.67. The highest BCUT2D eigenvalue weighted by Crippen LogP contribution is 2.15. The molecule has 1 saturated heterocycles. The molecule has 0 bridgehead atoms. The Morgan fingerprint density at radius 2 is 1.50 bits per heavy atom. The van der Waals surface area contributed by atoms with Crippen molar-refractivity contribution >= 4 is 11.7 Å². The third-order valence-electron chi connectivity index (χ3n) is 5.28. The molecular weight excluding hydrogens is 352 g/mol. The number of carbonyl (C=O) groups excluding carboxylic acids is 2. The Balaban J connectivity index is 1.42. The van der Waals surface area contributed by atoms with Gasteiger partial charge < -0.3 is 9.64 Å². The summed E-state index contributed by atoms with van der Waals surface area (Å²) in [6.07, 6.45) is 1.22. The van der Waals surface area contributed by atoms with E-state index in [2.05, 4.69) is 17.0 Å². The number of hydrogen-bond acceptors (Lipinski definition) is 4. The van der Waals surface area contributed by atoms with E-state index in [-0.39, 0.29) is 11.7 Å². The zero-order valence-electron chi connectivity index (χ0n) is 16.7. The van der Waals surface area contributed by atoms with Gasteiger partial charge in [0.05, 0.1) is 7.11 Å². The van der Waals surface area contributed by atoms with Crippen molar-refractivity contribution in [2.24, 2.45) is 0 Å². The fraction of sp³-hybridized carbons (Fsp3) is 0.391. The molecule has 0 radical (unpaired) electrons. The zero-order valence-corrected chi connectivity index (χ0v) is 16.7. The van der Waals surface area contributed by atoms with Crippen LogP contribution >= 0.6 is 0 Å². The van der Waals surface area contributed by atoms with Crippen molar-refractivity contribution in [2.75, 3.05) is 33.3 Å². The Morgan fingerprint density at radius 1 is 0.893 bits per heavy atom. The third-order valence-corrected chi connectivity index (χ3v) is 5.28. The van der Waals surface area contributed by atoms with Gasteiger partial charge in [-0.15, -0.1) is 0 Å². The Hall–Kier alpha value is -2.66. The molecule has 148 valence electrons. The predicted molar refractivity (Wildman–Crippen MR) is 110 cm³/mol. The van der Waals surface area contributed by atoms with Gasteiger partial charge in [-0.2, -0.15) is 0 Å². The molecule has 1 amide bonds. The first-order valence-corrected chi connectivity index (χ1v) is 9.78. The van der Waals surface area contributed by atoms with Gasteiger partial charge in [0.1, 0.15) is 5.75 Å². The summed E-state index contributed by atoms with van der Waals surface area (Å²) in [5.74, 6) is 1.14. The number of amides is 1. The average molecular weight is 380 g/mol. The van der Waals surface area contributed by atoms with Crippen molar-refractivity contribution < 1.29 is 14.3 Å². The molecule has 5 heteroatoms. The number of hydrogen-bond donors (Lipinski definition) is 0. The molecule has 1 aliphatic rings. The van der Waals surface area contributed by atoms with Crippen molar-refractivity contribution in [3.05, 3.63) is 65.2 Å². The first-order valence-electron chi connectivity index (χ1n) is 9.78. The molecule has 0 saturated carbocycles. The largest absolute Gasteiger partial charge is 0.497 e. The minimum atomic E-state index is 0.0649. The smallest absolute Gasteiger partial charge is 0.222 e. The molecule has 5 nitrogen and oxygen atoms in total. The van der Waals surface area contributed by atoms with Crippen LogP contribution in [0.3, 0.4) is 0 Å². The number of rotatable bonds is 7. The van der Waals surface area contributed by atoms with Gasteiger partial charge in [0, 0.05) is 44.7 Å². The maximum absolute atomic E-state index is 12.5. The Labute approximate surface area is 166 Å². The first-order chi connectivity index (χ1) is 13.5. The maximum atomic E-state index is 12.5. The van der Waals surface area contributed by atoms with Gasteiger partial charge in [0.2, 0.25) is 5.91 Å². The van der Waals surface area contributed by atoms with E-state index >= 15 is 0 Å². The van der Waals surface area contributed by atoms with Crippen LogP contribution in [0.2, 0.25) is 0 Å². The molecule has 3 rings (SSSR count). The van der Waals surface area contributed by atoms with Gasteiger partial charge in [0.15, 0.2) is 5.78 Å². The van der Waals surface area contributed by atoms with E-state index < -0.39 is 0 Å². The predicted octanol–water partition coefficient (Wildman–Crippen LogP) is 3.17. The number of aryl methyl sites for hydroxylation is 1. The number of benzene rings is 2. The summed E-state index contributed by atoms with van der Waals surface area (Å²) >= 11 is 0. The van der Waals surface area contributed by atoms with Crippen LogP contribution < -0.4 is 4.74 Å². The van der Waals surface area contributed by atoms with Gasteiger partial charge in [0.25, 0.3) is 0 Å². The van der Waals surface area contributed by atoms with E-state index in [4.69, 9.17) is 4.74 Å². The highest BCUT2D eigenvalue weighted by atomic mass is 16.5. The van der Waals surface area contributed by atoms with Crippen molar-refractivity contribution in [1.29, 1.82) is 0 Å². The first kappa shape index (κ1) is 20.1. The Morgan fingerprint density at radius 3 is 2.07 bits per heavy atom. The zero-order chi connectivity index (χ0) is 19.9. The van der Waals surface area contributed by atoms with E-state index in [1.807, 2.05) is 41.3 Å². The highest BCUT2D eigenvalue weighted by molar-refractivity contribution is 5.94. The lowest BCUT2D eigenvalue weighted by Gasteiger charge is -2.35. The summed E-state index contributed by atoms with van der Waals surface area (Å²) < 4.78 is 5.20. The fourth-order valence-corrected chi connectivity index (χ4v) is 3.46. The topological polar surface area (TPSA) is 49.9 Å². The number of ether oxygens (including phenoxy) is 1. The van der Waals surface area contributed by atoms with Crippen LogP contribution in [-0.2, 0) is 17.8 Å². The quantitative estimate of drug-likeness (QED) is 0.693. The third kappa shape index (κ3) is 5.42. The lowest BCUT2D eigenvalue weighted by atomic mass is 10.1. The summed E-state index contributed by atoms with van der Waals surface area (Å²) in [4.78, 5) is 28.2. The van der Waals surface area contributed by atoms with Crippen LogP contribution in [-0.4, -0.2) is 54.8 Å². The lowest BCUT2D eigenvalue weighted by Crippen LogP contribution is -2.48. The maximum Gasteiger partial charge on any atom is 0.222 e. The van der Waals surface area contributed by atoms with Gasteiger partial charge in [-0.3, -0.25) is 14.5 Å². The normalized spacial score (nSPS) is 14.7. The van der Waals surface area contributed by atoms with Gasteiger partial charge in [-0.05, 0) is 36.6 Å². The number of ketones is 1. The number of piperazine rings is 1. The molecule has 1 fully saturated rings. The van der Waals surface area contributed by atoms with E-state index in [1.54, 1.807) is 14.0 Å². The van der Waals surface area contributed by atoms with Crippen LogP contribution in [0.1, 0.15) is 34.8 Å². The number of carbonyl (C=O) groups is 2. The number of nitrogens with zero attached hydrogens (tertiary/aromatic N) is 2. The molecule has 2 aromatic rings. The van der Waals surface area contributed by atoms with Crippen LogP contribution in [0.25, 0.3) is 0 Å². The summed E-state index contributed by atoms with van der Waals surface area (Å²) in [6, 6.07) is 15.7. The second-order valence-electron chi connectivity index (χ2n) is 7.26. The summed E-state index contributed by atoms with van der Waals surface area (Å²) in [6.45, 7) is 5.80. The minimum Gasteiger partial charge on any atom is -0.497 e. The van der Waals surface area contributed by atoms with E-state index in [1.165, 1.54) is 5.56 Å². The molecule has 1 aliphatic heterocycles. The van der Waals surface area contributed by atoms with E-state index in [9.17, 15) is 9.59 Å². The van der Waals surface area contributed by atoms with Gasteiger partial charge in [-0.1, -0.05) is 36.4 Å². The minimum absolute atomic E-state index is 0.0649. The second kappa shape index (κ2) is 9.51. The van der Waals surface area contributed by atoms with E-state index in [0.29, 0.717) is 18.4 Å². The lowest BCUT2D eigenvalue weighted by molar-refractivity contribution is -0.133. The van der Waals surface area contributed by atoms with Gasteiger partial charge in [-0.25, -0.2) is 0 Å². The van der Waals surface area contributed by atoms with Crippen molar-refractivity contribution in [3.8, 4) is 5.75 Å². The molecule has 0 aliphatic carbocycles. The van der Waals surface area contributed by atoms with Crippen LogP contribution in [0.4, 0.5) is 0 Å². The van der Waals surface area contributed by atoms with Crippen LogP contribution in [0, 0.1) is 0 Å². The molecule has 0 spiro atoms. The molecule has 0 unspecified atom stereocenters. The fourth-order valence-electron chi connectivity index (χ4n) is 3.46. The highest BCUT2D eigenvalue weighted by Gasteiger charge is 2.20. The average Bonchev–Trinajstić information content (AvgIpc) is 2.73. The van der Waals surface area contributed by atoms with Gasteiger partial charge >= 0.3 is 0 Å². The van der Waals surface area contributed by atoms with E-state index in [0.717, 1.165) is 44.0 Å². The summed E-state index contributed by atoms with van der Waals surface area (Å²) in [5.41, 5.74) is 3.06. The molecule has 0 N–H and O–H groups in total. The second-order valence-corrected chi connectivity index (χ2v) is 7.26. The summed E-state index contributed by atoms with van der Waals surface area (Å²) in [5, 5.41) is 0. The molecule has 0 atom stereocenters.